The number of pyridine rings is 1. The zero-order valence-electron chi connectivity index (χ0n) is 12.8. The number of ether oxygens (including phenoxy) is 1. The Hall–Kier alpha value is -2.26. The molecule has 1 aromatic heterocycles. The molecule has 1 rings (SSSR count). The van der Waals surface area contributed by atoms with Gasteiger partial charge >= 0.3 is 12.1 Å². The van der Waals surface area contributed by atoms with E-state index in [-0.39, 0.29) is 19.4 Å². The van der Waals surface area contributed by atoms with Crippen LogP contribution in [0.2, 0.25) is 0 Å². The summed E-state index contributed by atoms with van der Waals surface area (Å²) in [6, 6.07) is 0. The Morgan fingerprint density at radius 2 is 1.79 bits per heavy atom. The van der Waals surface area contributed by atoms with Gasteiger partial charge in [-0.25, -0.2) is 18.6 Å². The van der Waals surface area contributed by atoms with Crippen LogP contribution >= 0.6 is 0 Å². The molecule has 0 aliphatic carbocycles. The highest BCUT2D eigenvalue weighted by atomic mass is 19.4. The van der Waals surface area contributed by atoms with Crippen molar-refractivity contribution in [2.45, 2.75) is 39.3 Å². The van der Waals surface area contributed by atoms with Gasteiger partial charge in [0.2, 0.25) is 0 Å². The van der Waals surface area contributed by atoms with Crippen molar-refractivity contribution < 1.29 is 36.3 Å². The summed E-state index contributed by atoms with van der Waals surface area (Å²) in [4.78, 5) is 26.3. The first kappa shape index (κ1) is 19.8. The van der Waals surface area contributed by atoms with Crippen molar-refractivity contribution >= 4 is 11.9 Å². The number of hydrogen-bond acceptors (Lipinski definition) is 4. The standard InChI is InChI=1S/C14H15F5N2O3/c1-3-5-6-7(12(20)22)9(11(15)16)21-10(14(17,18)19)8(6)13(23)24-4-2/h11H,3-5H2,1-2H3,(H2,20,22). The number of nitrogens with zero attached hydrogens (tertiary/aromatic N) is 1. The predicted molar refractivity (Wildman–Crippen MR) is 72.7 cm³/mol. The highest BCUT2D eigenvalue weighted by molar-refractivity contribution is 6.01. The molecule has 1 heterocycles. The highest BCUT2D eigenvalue weighted by Gasteiger charge is 2.42. The number of rotatable bonds is 6. The Bertz CT molecular complexity index is 644. The summed E-state index contributed by atoms with van der Waals surface area (Å²) in [5.41, 5.74) is -0.623. The molecule has 1 amide bonds. The largest absolute Gasteiger partial charge is 0.462 e. The Balaban J connectivity index is 3.96. The third kappa shape index (κ3) is 3.98. The van der Waals surface area contributed by atoms with Gasteiger partial charge in [-0.2, -0.15) is 13.2 Å². The lowest BCUT2D eigenvalue weighted by atomic mass is 9.93. The number of hydrogen-bond donors (Lipinski definition) is 1. The number of amides is 1. The summed E-state index contributed by atoms with van der Waals surface area (Å²) in [6.07, 6.45) is -8.74. The minimum atomic E-state index is -5.19. The van der Waals surface area contributed by atoms with E-state index in [1.165, 1.54) is 13.8 Å². The first-order valence-corrected chi connectivity index (χ1v) is 6.95. The minimum absolute atomic E-state index is 0.177. The molecule has 0 saturated heterocycles. The van der Waals surface area contributed by atoms with Crippen LogP contribution in [0.15, 0.2) is 0 Å². The fourth-order valence-corrected chi connectivity index (χ4v) is 2.22. The molecule has 0 radical (unpaired) electrons. The molecule has 0 spiro atoms. The van der Waals surface area contributed by atoms with E-state index in [0.717, 1.165) is 0 Å². The summed E-state index contributed by atoms with van der Waals surface area (Å²) in [6.45, 7) is 2.65. The van der Waals surface area contributed by atoms with Crippen molar-refractivity contribution in [2.24, 2.45) is 5.73 Å². The van der Waals surface area contributed by atoms with Gasteiger partial charge in [-0.15, -0.1) is 0 Å². The Morgan fingerprint density at radius 1 is 1.21 bits per heavy atom. The summed E-state index contributed by atoms with van der Waals surface area (Å²) in [5, 5.41) is 0. The monoisotopic (exact) mass is 354 g/mol. The number of carbonyl (C=O) groups excluding carboxylic acids is 2. The smallest absolute Gasteiger partial charge is 0.434 e. The molecule has 0 aliphatic heterocycles. The highest BCUT2D eigenvalue weighted by Crippen LogP contribution is 2.37. The summed E-state index contributed by atoms with van der Waals surface area (Å²) in [5.74, 6) is -2.79. The molecule has 0 bridgehead atoms. The van der Waals surface area contributed by atoms with E-state index < -0.39 is 52.6 Å². The molecule has 134 valence electrons. The number of aromatic nitrogens is 1. The number of primary amides is 1. The second-order valence-electron chi connectivity index (χ2n) is 4.71. The lowest BCUT2D eigenvalue weighted by molar-refractivity contribution is -0.142. The van der Waals surface area contributed by atoms with Crippen LogP contribution in [-0.4, -0.2) is 23.5 Å². The SMILES string of the molecule is CCCc1c(C(N)=O)c(C(F)F)nc(C(F)(F)F)c1C(=O)OCC. The van der Waals surface area contributed by atoms with Crippen LogP contribution in [0.4, 0.5) is 22.0 Å². The molecule has 5 nitrogen and oxygen atoms in total. The van der Waals surface area contributed by atoms with Crippen LogP contribution in [0.25, 0.3) is 0 Å². The van der Waals surface area contributed by atoms with Gasteiger partial charge in [0.1, 0.15) is 5.69 Å². The average Bonchev–Trinajstić information content (AvgIpc) is 2.44. The average molecular weight is 354 g/mol. The van der Waals surface area contributed by atoms with Crippen LogP contribution in [0.3, 0.4) is 0 Å². The summed E-state index contributed by atoms with van der Waals surface area (Å²) >= 11 is 0. The van der Waals surface area contributed by atoms with E-state index in [0.29, 0.717) is 0 Å². The number of esters is 1. The first-order valence-electron chi connectivity index (χ1n) is 6.95. The maximum absolute atomic E-state index is 13.2. The van der Waals surface area contributed by atoms with Crippen molar-refractivity contribution in [1.82, 2.24) is 4.98 Å². The van der Waals surface area contributed by atoms with Crippen molar-refractivity contribution in [1.29, 1.82) is 0 Å². The number of carbonyl (C=O) groups is 2. The van der Waals surface area contributed by atoms with Gasteiger partial charge in [0.25, 0.3) is 12.3 Å². The second-order valence-corrected chi connectivity index (χ2v) is 4.71. The molecular weight excluding hydrogens is 339 g/mol. The Kier molecular flexibility index (Phi) is 6.22. The fourth-order valence-electron chi connectivity index (χ4n) is 2.22. The van der Waals surface area contributed by atoms with E-state index in [1.54, 1.807) is 0 Å². The summed E-state index contributed by atoms with van der Waals surface area (Å²) < 4.78 is 70.4. The van der Waals surface area contributed by atoms with Crippen molar-refractivity contribution in [3.63, 3.8) is 0 Å². The molecule has 24 heavy (non-hydrogen) atoms. The molecule has 1 aromatic rings. The molecule has 0 aromatic carbocycles. The second kappa shape index (κ2) is 7.54. The van der Waals surface area contributed by atoms with Gasteiger partial charge in [0, 0.05) is 0 Å². The number of halogens is 5. The van der Waals surface area contributed by atoms with Crippen molar-refractivity contribution in [3.8, 4) is 0 Å². The Morgan fingerprint density at radius 3 is 2.17 bits per heavy atom. The van der Waals surface area contributed by atoms with Crippen molar-refractivity contribution in [2.75, 3.05) is 6.61 Å². The lowest BCUT2D eigenvalue weighted by Gasteiger charge is -2.19. The van der Waals surface area contributed by atoms with E-state index in [2.05, 4.69) is 9.72 Å². The maximum atomic E-state index is 13.2. The molecule has 10 heteroatoms. The predicted octanol–water partition coefficient (Wildman–Crippen LogP) is 3.27. The quantitative estimate of drug-likeness (QED) is 0.628. The lowest BCUT2D eigenvalue weighted by Crippen LogP contribution is -2.27. The van der Waals surface area contributed by atoms with Crippen LogP contribution in [-0.2, 0) is 17.3 Å². The molecule has 0 fully saturated rings. The van der Waals surface area contributed by atoms with E-state index in [1.807, 2.05) is 0 Å². The molecular formula is C14H15F5N2O3. The van der Waals surface area contributed by atoms with Gasteiger partial charge in [0.15, 0.2) is 5.69 Å². The van der Waals surface area contributed by atoms with Crippen LogP contribution < -0.4 is 5.73 Å². The van der Waals surface area contributed by atoms with Crippen LogP contribution in [0.1, 0.15) is 64.4 Å². The zero-order chi connectivity index (χ0) is 18.7. The molecule has 0 saturated carbocycles. The number of alkyl halides is 5. The van der Waals surface area contributed by atoms with Crippen LogP contribution in [0, 0.1) is 0 Å². The zero-order valence-corrected chi connectivity index (χ0v) is 12.8. The fraction of sp³-hybridized carbons (Fsp3) is 0.500. The van der Waals surface area contributed by atoms with Crippen LogP contribution in [0.5, 0.6) is 0 Å². The number of nitrogens with two attached hydrogens (primary N) is 1. The van der Waals surface area contributed by atoms with Gasteiger partial charge in [-0.1, -0.05) is 13.3 Å². The van der Waals surface area contributed by atoms with Gasteiger partial charge in [0.05, 0.1) is 17.7 Å². The molecule has 0 aliphatic rings. The molecule has 0 unspecified atom stereocenters. The van der Waals surface area contributed by atoms with Gasteiger partial charge < -0.3 is 10.5 Å². The normalized spacial score (nSPS) is 11.7. The van der Waals surface area contributed by atoms with Gasteiger partial charge in [-0.05, 0) is 18.9 Å². The molecule has 2 N–H and O–H groups in total. The van der Waals surface area contributed by atoms with E-state index in [9.17, 15) is 31.5 Å². The third-order valence-electron chi connectivity index (χ3n) is 3.03. The maximum Gasteiger partial charge on any atom is 0.434 e. The summed E-state index contributed by atoms with van der Waals surface area (Å²) in [7, 11) is 0. The molecule has 0 atom stereocenters. The van der Waals surface area contributed by atoms with E-state index in [4.69, 9.17) is 5.73 Å². The first-order chi connectivity index (χ1) is 11.1. The van der Waals surface area contributed by atoms with Crippen molar-refractivity contribution in [3.05, 3.63) is 28.1 Å². The Labute approximate surface area is 134 Å². The van der Waals surface area contributed by atoms with E-state index >= 15 is 0 Å². The van der Waals surface area contributed by atoms with Gasteiger partial charge in [-0.3, -0.25) is 4.79 Å². The topological polar surface area (TPSA) is 82.3 Å². The minimum Gasteiger partial charge on any atom is -0.462 e. The third-order valence-corrected chi connectivity index (χ3v) is 3.03.